The van der Waals surface area contributed by atoms with Gasteiger partial charge in [0.1, 0.15) is 4.90 Å². The number of nitrogens with one attached hydrogen (secondary N) is 1. The first-order valence-electron chi connectivity index (χ1n) is 5.15. The van der Waals surface area contributed by atoms with E-state index in [4.69, 9.17) is 5.73 Å². The van der Waals surface area contributed by atoms with Crippen LogP contribution in [0.5, 0.6) is 0 Å². The van der Waals surface area contributed by atoms with E-state index in [1.807, 2.05) is 0 Å². The van der Waals surface area contributed by atoms with E-state index in [2.05, 4.69) is 16.6 Å². The Morgan fingerprint density at radius 1 is 1.29 bits per heavy atom. The molecule has 0 aliphatic heterocycles. The van der Waals surface area contributed by atoms with Crippen molar-refractivity contribution in [2.75, 3.05) is 12.3 Å². The van der Waals surface area contributed by atoms with Gasteiger partial charge >= 0.3 is 0 Å². The Hall–Kier alpha value is -1.51. The zero-order valence-electron chi connectivity index (χ0n) is 10.2. The second kappa shape index (κ2) is 5.21. The molecule has 0 aliphatic rings. The monoisotopic (exact) mass is 252 g/mol. The molecule has 1 rings (SSSR count). The van der Waals surface area contributed by atoms with Gasteiger partial charge in [0.2, 0.25) is 10.0 Å². The van der Waals surface area contributed by atoms with Crippen LogP contribution in [0.15, 0.2) is 17.0 Å². The summed E-state index contributed by atoms with van der Waals surface area (Å²) in [6, 6.07) is 3.54. The molecule has 4 nitrogen and oxygen atoms in total. The zero-order valence-corrected chi connectivity index (χ0v) is 11.0. The van der Waals surface area contributed by atoms with E-state index in [0.29, 0.717) is 11.3 Å². The molecule has 0 saturated carbocycles. The van der Waals surface area contributed by atoms with Gasteiger partial charge in [0.05, 0.1) is 12.2 Å². The largest absolute Gasteiger partial charge is 0.397 e. The van der Waals surface area contributed by atoms with Crippen LogP contribution in [0.4, 0.5) is 5.69 Å². The molecule has 0 fully saturated rings. The quantitative estimate of drug-likeness (QED) is 0.627. The van der Waals surface area contributed by atoms with E-state index in [9.17, 15) is 8.42 Å². The Morgan fingerprint density at radius 2 is 1.88 bits per heavy atom. The van der Waals surface area contributed by atoms with Gasteiger partial charge in [0.25, 0.3) is 0 Å². The Bertz CT molecular complexity index is 581. The first kappa shape index (κ1) is 13.6. The van der Waals surface area contributed by atoms with E-state index in [1.165, 1.54) is 0 Å². The van der Waals surface area contributed by atoms with Crippen LogP contribution in [0.2, 0.25) is 0 Å². The van der Waals surface area contributed by atoms with Gasteiger partial charge in [-0.25, -0.2) is 8.42 Å². The van der Waals surface area contributed by atoms with Crippen LogP contribution in [0.3, 0.4) is 0 Å². The van der Waals surface area contributed by atoms with Crippen molar-refractivity contribution in [1.82, 2.24) is 4.72 Å². The molecule has 1 aromatic rings. The molecular weight excluding hydrogens is 236 g/mol. The van der Waals surface area contributed by atoms with E-state index in [1.54, 1.807) is 32.9 Å². The van der Waals surface area contributed by atoms with Gasteiger partial charge in [-0.05, 0) is 31.9 Å². The van der Waals surface area contributed by atoms with Crippen LogP contribution in [0, 0.1) is 25.7 Å². The molecule has 1 aromatic carbocycles. The zero-order chi connectivity index (χ0) is 13.1. The van der Waals surface area contributed by atoms with Crippen LogP contribution < -0.4 is 10.5 Å². The molecule has 0 aromatic heterocycles. The van der Waals surface area contributed by atoms with Gasteiger partial charge in [-0.3, -0.25) is 0 Å². The van der Waals surface area contributed by atoms with Crippen LogP contribution in [-0.2, 0) is 10.0 Å². The molecule has 0 unspecified atom stereocenters. The number of rotatable bonds is 3. The third-order valence-electron chi connectivity index (χ3n) is 2.41. The van der Waals surface area contributed by atoms with Gasteiger partial charge in [-0.15, -0.1) is 5.92 Å². The Labute approximate surface area is 102 Å². The van der Waals surface area contributed by atoms with Crippen molar-refractivity contribution in [1.29, 1.82) is 0 Å². The summed E-state index contributed by atoms with van der Waals surface area (Å²) in [5.41, 5.74) is 7.49. The lowest BCUT2D eigenvalue weighted by Crippen LogP contribution is -2.26. The third kappa shape index (κ3) is 2.99. The van der Waals surface area contributed by atoms with Crippen LogP contribution >= 0.6 is 0 Å². The number of nitrogen functional groups attached to an aromatic ring is 1. The third-order valence-corrected chi connectivity index (χ3v) is 4.01. The van der Waals surface area contributed by atoms with E-state index in [-0.39, 0.29) is 11.4 Å². The molecule has 0 amide bonds. The maximum Gasteiger partial charge on any atom is 0.243 e. The van der Waals surface area contributed by atoms with Crippen LogP contribution in [0.25, 0.3) is 0 Å². The summed E-state index contributed by atoms with van der Waals surface area (Å²) in [6.07, 6.45) is 0. The summed E-state index contributed by atoms with van der Waals surface area (Å²) in [6.45, 7) is 5.24. The van der Waals surface area contributed by atoms with E-state index < -0.39 is 10.0 Å². The predicted octanol–water partition coefficient (Wildman–Crippen LogP) is 1.19. The summed E-state index contributed by atoms with van der Waals surface area (Å²) < 4.78 is 26.5. The summed E-state index contributed by atoms with van der Waals surface area (Å²) in [7, 11) is -3.59. The highest BCUT2D eigenvalue weighted by Gasteiger charge is 2.20. The van der Waals surface area contributed by atoms with Crippen molar-refractivity contribution in [2.45, 2.75) is 25.7 Å². The Balaban J connectivity index is 3.22. The summed E-state index contributed by atoms with van der Waals surface area (Å²) in [5, 5.41) is 0. The topological polar surface area (TPSA) is 72.2 Å². The van der Waals surface area contributed by atoms with Crippen LogP contribution in [-0.4, -0.2) is 15.0 Å². The molecule has 0 bridgehead atoms. The summed E-state index contributed by atoms with van der Waals surface area (Å²) >= 11 is 0. The highest BCUT2D eigenvalue weighted by Crippen LogP contribution is 2.25. The average molecular weight is 252 g/mol. The predicted molar refractivity (Wildman–Crippen MR) is 69.0 cm³/mol. The summed E-state index contributed by atoms with van der Waals surface area (Å²) in [4.78, 5) is 0.149. The maximum atomic E-state index is 12.0. The Morgan fingerprint density at radius 3 is 2.47 bits per heavy atom. The van der Waals surface area contributed by atoms with Gasteiger partial charge < -0.3 is 5.73 Å². The van der Waals surface area contributed by atoms with E-state index in [0.717, 1.165) is 5.56 Å². The molecule has 0 spiro atoms. The number of nitrogens with two attached hydrogens (primary N) is 1. The molecule has 3 N–H and O–H groups in total. The highest BCUT2D eigenvalue weighted by atomic mass is 32.2. The van der Waals surface area contributed by atoms with Crippen molar-refractivity contribution in [3.8, 4) is 11.8 Å². The smallest absolute Gasteiger partial charge is 0.243 e. The number of aryl methyl sites for hydroxylation is 2. The molecule has 0 atom stereocenters. The minimum absolute atomic E-state index is 0.0889. The number of sulfonamides is 1. The Kier molecular flexibility index (Phi) is 4.16. The minimum atomic E-state index is -3.59. The average Bonchev–Trinajstić information content (AvgIpc) is 2.24. The molecule has 0 heterocycles. The number of hydrogen-bond donors (Lipinski definition) is 2. The number of benzene rings is 1. The fourth-order valence-corrected chi connectivity index (χ4v) is 2.80. The summed E-state index contributed by atoms with van der Waals surface area (Å²) in [5.74, 6) is 5.27. The van der Waals surface area contributed by atoms with Gasteiger partial charge in [0, 0.05) is 0 Å². The molecule has 17 heavy (non-hydrogen) atoms. The number of hydrogen-bond acceptors (Lipinski definition) is 3. The van der Waals surface area contributed by atoms with Crippen molar-refractivity contribution in [3.05, 3.63) is 23.3 Å². The van der Waals surface area contributed by atoms with Crippen molar-refractivity contribution in [2.24, 2.45) is 0 Å². The van der Waals surface area contributed by atoms with Crippen molar-refractivity contribution >= 4 is 15.7 Å². The van der Waals surface area contributed by atoms with Crippen molar-refractivity contribution < 1.29 is 8.42 Å². The van der Waals surface area contributed by atoms with Crippen molar-refractivity contribution in [3.63, 3.8) is 0 Å². The first-order chi connectivity index (χ1) is 7.90. The standard InChI is InChI=1S/C12H16N2O2S/c1-4-5-8-14-17(15,16)12-10(3)7-6-9(2)11(12)13/h6-7,14H,8,13H2,1-3H3. The van der Waals surface area contributed by atoms with Gasteiger partial charge in [0.15, 0.2) is 0 Å². The lowest BCUT2D eigenvalue weighted by molar-refractivity contribution is 0.586. The lowest BCUT2D eigenvalue weighted by Gasteiger charge is -2.12. The molecule has 5 heteroatoms. The molecular formula is C12H16N2O2S. The second-order valence-corrected chi connectivity index (χ2v) is 5.40. The minimum Gasteiger partial charge on any atom is -0.397 e. The number of anilines is 1. The fraction of sp³-hybridized carbons (Fsp3) is 0.333. The van der Waals surface area contributed by atoms with Gasteiger partial charge in [-0.1, -0.05) is 18.1 Å². The van der Waals surface area contributed by atoms with Crippen LogP contribution in [0.1, 0.15) is 18.1 Å². The maximum absolute atomic E-state index is 12.0. The SMILES string of the molecule is CC#CCNS(=O)(=O)c1c(C)ccc(C)c1N. The fourth-order valence-electron chi connectivity index (χ4n) is 1.46. The first-order valence-corrected chi connectivity index (χ1v) is 6.63. The molecule has 0 saturated heterocycles. The molecule has 0 radical (unpaired) electrons. The lowest BCUT2D eigenvalue weighted by atomic mass is 10.1. The highest BCUT2D eigenvalue weighted by molar-refractivity contribution is 7.89. The molecule has 92 valence electrons. The van der Waals surface area contributed by atoms with E-state index >= 15 is 0 Å². The second-order valence-electron chi connectivity index (χ2n) is 3.69. The normalized spacial score (nSPS) is 10.8. The molecule has 0 aliphatic carbocycles. The van der Waals surface area contributed by atoms with Gasteiger partial charge in [-0.2, -0.15) is 4.72 Å².